The first-order chi connectivity index (χ1) is 10.3. The van der Waals surface area contributed by atoms with E-state index in [0.29, 0.717) is 0 Å². The zero-order valence-corrected chi connectivity index (χ0v) is 13.1. The molecule has 0 aliphatic carbocycles. The minimum Gasteiger partial charge on any atom is -0.346 e. The van der Waals surface area contributed by atoms with Crippen molar-refractivity contribution in [2.45, 2.75) is 18.8 Å². The van der Waals surface area contributed by atoms with Crippen LogP contribution in [0.3, 0.4) is 0 Å². The van der Waals surface area contributed by atoms with Crippen molar-refractivity contribution in [3.8, 4) is 0 Å². The lowest BCUT2D eigenvalue weighted by Gasteiger charge is -2.20. The monoisotopic (exact) mass is 345 g/mol. The van der Waals surface area contributed by atoms with Gasteiger partial charge in [-0.05, 0) is 29.8 Å². The Morgan fingerprint density at radius 2 is 1.86 bits per heavy atom. The summed E-state index contributed by atoms with van der Waals surface area (Å²) in [4.78, 5) is 13.3. The molecule has 3 nitrogen and oxygen atoms in total. The third-order valence-corrected chi connectivity index (χ3v) is 4.15. The van der Waals surface area contributed by atoms with Crippen molar-refractivity contribution in [2.24, 2.45) is 0 Å². The molecular weight excluding hydrogens is 330 g/mol. The van der Waals surface area contributed by atoms with Crippen LogP contribution in [-0.4, -0.2) is 25.2 Å². The largest absolute Gasteiger partial charge is 0.346 e. The van der Waals surface area contributed by atoms with Crippen LogP contribution >= 0.6 is 15.9 Å². The maximum atomic E-state index is 11.3. The highest BCUT2D eigenvalue weighted by atomic mass is 79.9. The zero-order chi connectivity index (χ0) is 14.7. The first kappa shape index (κ1) is 14.3. The molecule has 0 N–H and O–H groups in total. The molecule has 108 valence electrons. The van der Waals surface area contributed by atoms with E-state index < -0.39 is 6.23 Å². The summed E-state index contributed by atoms with van der Waals surface area (Å²) in [6.07, 6.45) is 1.22. The van der Waals surface area contributed by atoms with E-state index in [4.69, 9.17) is 4.74 Å². The van der Waals surface area contributed by atoms with E-state index in [1.807, 2.05) is 47.4 Å². The second-order valence-corrected chi connectivity index (χ2v) is 6.02. The molecule has 2 unspecified atom stereocenters. The lowest BCUT2D eigenvalue weighted by molar-refractivity contribution is -0.117. The van der Waals surface area contributed by atoms with E-state index in [9.17, 15) is 4.79 Å². The van der Waals surface area contributed by atoms with Crippen molar-refractivity contribution < 1.29 is 9.53 Å². The Bertz CT molecular complexity index is 600. The van der Waals surface area contributed by atoms with Crippen LogP contribution < -0.4 is 4.90 Å². The van der Waals surface area contributed by atoms with Gasteiger partial charge in [-0.2, -0.15) is 0 Å². The predicted molar refractivity (Wildman–Crippen MR) is 86.4 cm³/mol. The van der Waals surface area contributed by atoms with Gasteiger partial charge in [-0.1, -0.05) is 46.3 Å². The molecule has 2 aromatic rings. The van der Waals surface area contributed by atoms with Gasteiger partial charge in [-0.3, -0.25) is 4.79 Å². The molecule has 2 aromatic carbocycles. The van der Waals surface area contributed by atoms with Gasteiger partial charge < -0.3 is 9.64 Å². The molecule has 21 heavy (non-hydrogen) atoms. The molecular formula is C17H16BrNO2. The van der Waals surface area contributed by atoms with Crippen molar-refractivity contribution in [3.05, 3.63) is 64.6 Å². The first-order valence-corrected chi connectivity index (χ1v) is 7.72. The van der Waals surface area contributed by atoms with Crippen LogP contribution in [0.5, 0.6) is 0 Å². The number of anilines is 1. The quantitative estimate of drug-likeness (QED) is 0.795. The summed E-state index contributed by atoms with van der Waals surface area (Å²) in [5, 5.41) is 0. The Morgan fingerprint density at radius 1 is 1.14 bits per heavy atom. The molecule has 0 amide bonds. The summed E-state index contributed by atoms with van der Waals surface area (Å²) in [5.74, 6) is 0. The number of benzene rings is 2. The SMILES string of the molecule is O=CC1OC(Cc2ccccc2)CN1c1ccc(Br)cc1. The van der Waals surface area contributed by atoms with Crippen LogP contribution in [0.25, 0.3) is 0 Å². The van der Waals surface area contributed by atoms with E-state index in [1.165, 1.54) is 5.56 Å². The summed E-state index contributed by atoms with van der Waals surface area (Å²) in [6, 6.07) is 18.2. The Morgan fingerprint density at radius 3 is 2.52 bits per heavy atom. The number of aldehydes is 1. The van der Waals surface area contributed by atoms with Crippen LogP contribution in [0.2, 0.25) is 0 Å². The fourth-order valence-corrected chi connectivity index (χ4v) is 2.88. The third-order valence-electron chi connectivity index (χ3n) is 3.62. The lowest BCUT2D eigenvalue weighted by atomic mass is 10.1. The second kappa shape index (κ2) is 6.41. The maximum absolute atomic E-state index is 11.3. The van der Waals surface area contributed by atoms with Gasteiger partial charge in [0, 0.05) is 23.1 Å². The van der Waals surface area contributed by atoms with Gasteiger partial charge in [0.15, 0.2) is 12.5 Å². The molecule has 1 aliphatic heterocycles. The lowest BCUT2D eigenvalue weighted by Crippen LogP contribution is -2.31. The standard InChI is InChI=1S/C17H16BrNO2/c18-14-6-8-15(9-7-14)19-11-16(21-17(19)12-20)10-13-4-2-1-3-5-13/h1-9,12,16-17H,10-11H2. The zero-order valence-electron chi connectivity index (χ0n) is 11.5. The molecule has 2 atom stereocenters. The van der Waals surface area contributed by atoms with E-state index in [2.05, 4.69) is 28.1 Å². The molecule has 0 saturated carbocycles. The van der Waals surface area contributed by atoms with Crippen molar-refractivity contribution in [3.63, 3.8) is 0 Å². The van der Waals surface area contributed by atoms with Crippen molar-refractivity contribution in [2.75, 3.05) is 11.4 Å². The number of rotatable bonds is 4. The molecule has 0 aromatic heterocycles. The molecule has 1 heterocycles. The topological polar surface area (TPSA) is 29.5 Å². The van der Waals surface area contributed by atoms with Gasteiger partial charge in [0.2, 0.25) is 0 Å². The van der Waals surface area contributed by atoms with Crippen LogP contribution in [0.1, 0.15) is 5.56 Å². The van der Waals surface area contributed by atoms with Gasteiger partial charge in [-0.25, -0.2) is 0 Å². The molecule has 0 bridgehead atoms. The summed E-state index contributed by atoms with van der Waals surface area (Å²) < 4.78 is 6.88. The predicted octanol–water partition coefficient (Wildman–Crippen LogP) is 3.42. The van der Waals surface area contributed by atoms with E-state index in [1.54, 1.807) is 0 Å². The van der Waals surface area contributed by atoms with Crippen LogP contribution in [0.15, 0.2) is 59.1 Å². The van der Waals surface area contributed by atoms with Crippen LogP contribution in [-0.2, 0) is 16.0 Å². The molecule has 4 heteroatoms. The average molecular weight is 346 g/mol. The molecule has 1 saturated heterocycles. The third kappa shape index (κ3) is 3.34. The number of carbonyl (C=O) groups is 1. The second-order valence-electron chi connectivity index (χ2n) is 5.10. The summed E-state index contributed by atoms with van der Waals surface area (Å²) in [6.45, 7) is 0.722. The Balaban J connectivity index is 1.74. The van der Waals surface area contributed by atoms with Gasteiger partial charge in [0.05, 0.1) is 6.10 Å². The van der Waals surface area contributed by atoms with Gasteiger partial charge in [0.1, 0.15) is 0 Å². The smallest absolute Gasteiger partial charge is 0.187 e. The number of carbonyl (C=O) groups excluding carboxylic acids is 1. The van der Waals surface area contributed by atoms with E-state index >= 15 is 0 Å². The maximum Gasteiger partial charge on any atom is 0.187 e. The number of hydrogen-bond donors (Lipinski definition) is 0. The molecule has 1 aliphatic rings. The average Bonchev–Trinajstić information content (AvgIpc) is 2.92. The number of halogens is 1. The van der Waals surface area contributed by atoms with Crippen LogP contribution in [0.4, 0.5) is 5.69 Å². The molecule has 1 fully saturated rings. The van der Waals surface area contributed by atoms with Crippen molar-refractivity contribution in [1.82, 2.24) is 0 Å². The highest BCUT2D eigenvalue weighted by molar-refractivity contribution is 9.10. The number of hydrogen-bond acceptors (Lipinski definition) is 3. The van der Waals surface area contributed by atoms with E-state index in [-0.39, 0.29) is 6.10 Å². The van der Waals surface area contributed by atoms with Gasteiger partial charge in [0.25, 0.3) is 0 Å². The molecule has 0 radical (unpaired) electrons. The highest BCUT2D eigenvalue weighted by Gasteiger charge is 2.32. The molecule has 3 rings (SSSR count). The van der Waals surface area contributed by atoms with Crippen molar-refractivity contribution in [1.29, 1.82) is 0 Å². The molecule has 0 spiro atoms. The number of ether oxygens (including phenoxy) is 1. The summed E-state index contributed by atoms with van der Waals surface area (Å²) in [5.41, 5.74) is 2.23. The first-order valence-electron chi connectivity index (χ1n) is 6.93. The Labute approximate surface area is 132 Å². The normalized spacial score (nSPS) is 21.5. The Hall–Kier alpha value is -1.65. The van der Waals surface area contributed by atoms with Gasteiger partial charge in [-0.15, -0.1) is 0 Å². The highest BCUT2D eigenvalue weighted by Crippen LogP contribution is 2.26. The minimum atomic E-state index is -0.500. The number of nitrogens with zero attached hydrogens (tertiary/aromatic N) is 1. The summed E-state index contributed by atoms with van der Waals surface area (Å²) in [7, 11) is 0. The van der Waals surface area contributed by atoms with Gasteiger partial charge >= 0.3 is 0 Å². The van der Waals surface area contributed by atoms with E-state index in [0.717, 1.165) is 29.4 Å². The fraction of sp³-hybridized carbons (Fsp3) is 0.235. The summed E-state index contributed by atoms with van der Waals surface area (Å²) >= 11 is 3.42. The van der Waals surface area contributed by atoms with Crippen molar-refractivity contribution >= 4 is 27.9 Å². The minimum absolute atomic E-state index is 0.0336. The fourth-order valence-electron chi connectivity index (χ4n) is 2.62. The van der Waals surface area contributed by atoms with Crippen LogP contribution in [0, 0.1) is 0 Å². The Kier molecular flexibility index (Phi) is 4.36.